The molecule has 0 spiro atoms. The summed E-state index contributed by atoms with van der Waals surface area (Å²) in [5.41, 5.74) is 22.4. The van der Waals surface area contributed by atoms with Crippen LogP contribution < -0.4 is 60.2 Å². The minimum Gasteiger partial charge on any atom is -0.508 e. The van der Waals surface area contributed by atoms with E-state index in [1.807, 2.05) is 0 Å². The Morgan fingerprint density at radius 2 is 1.46 bits per heavy atom. The predicted molar refractivity (Wildman–Crippen MR) is 254 cm³/mol. The number of carbonyl (C=O) groups excluding carboxylic acids is 11. The van der Waals surface area contributed by atoms with E-state index in [1.165, 1.54) is 12.1 Å². The van der Waals surface area contributed by atoms with E-state index in [-0.39, 0.29) is 74.8 Å². The number of phenolic OH excluding ortho intramolecular Hbond substituents is 1. The van der Waals surface area contributed by atoms with Crippen molar-refractivity contribution in [3.63, 3.8) is 0 Å². The molecule has 1 saturated heterocycles. The number of phenols is 1. The van der Waals surface area contributed by atoms with Crippen LogP contribution in [0, 0.1) is 11.8 Å². The van der Waals surface area contributed by atoms with Crippen LogP contribution in [0.2, 0.25) is 0 Å². The second-order valence-corrected chi connectivity index (χ2v) is 18.4. The van der Waals surface area contributed by atoms with E-state index in [0.29, 0.717) is 12.0 Å². The van der Waals surface area contributed by atoms with Crippen molar-refractivity contribution in [3.8, 4) is 5.75 Å². The fourth-order valence-electron chi connectivity index (χ4n) is 6.97. The monoisotopic (exact) mass is 990 g/mol. The highest BCUT2D eigenvalue weighted by molar-refractivity contribution is 7.99. The number of thioether (sulfide) groups is 1. The van der Waals surface area contributed by atoms with Crippen molar-refractivity contribution in [2.24, 2.45) is 34.8 Å². The van der Waals surface area contributed by atoms with Gasteiger partial charge in [0, 0.05) is 31.6 Å². The second-order valence-electron chi connectivity index (χ2n) is 17.2. The first-order valence-electron chi connectivity index (χ1n) is 22.8. The number of hydrogen-bond acceptors (Lipinski definition) is 14. The van der Waals surface area contributed by atoms with Gasteiger partial charge in [-0.05, 0) is 67.5 Å². The zero-order valence-corrected chi connectivity index (χ0v) is 40.5. The van der Waals surface area contributed by atoms with Crippen LogP contribution >= 0.6 is 11.8 Å². The molecule has 69 heavy (non-hydrogen) atoms. The molecule has 0 radical (unpaired) electrons. The van der Waals surface area contributed by atoms with Gasteiger partial charge in [0.25, 0.3) is 0 Å². The first kappa shape index (κ1) is 58.6. The first-order chi connectivity index (χ1) is 32.5. The third-order valence-electron chi connectivity index (χ3n) is 10.8. The van der Waals surface area contributed by atoms with Crippen LogP contribution in [0.25, 0.3) is 0 Å². The van der Waals surface area contributed by atoms with Gasteiger partial charge in [-0.2, -0.15) is 11.8 Å². The van der Waals surface area contributed by atoms with Crippen molar-refractivity contribution in [3.05, 3.63) is 29.8 Å². The van der Waals surface area contributed by atoms with Crippen LogP contribution in [-0.4, -0.2) is 149 Å². The second kappa shape index (κ2) is 30.1. The lowest BCUT2D eigenvalue weighted by atomic mass is 9.96. The van der Waals surface area contributed by atoms with Gasteiger partial charge in [-0.1, -0.05) is 46.2 Å². The molecule has 1 heterocycles. The third-order valence-corrected chi connectivity index (χ3v) is 12.0. The molecule has 0 aliphatic carbocycles. The fraction of sp³-hybridized carbons (Fsp3) is 0.614. The molecule has 0 aromatic heterocycles. The standard InChI is InChI=1S/C44H70N12O12S/c1-5-25(4)38-43(67)52-28(13-14-33(46)58)40(64)53-31(20-34(47)59)41(65)54-32(23-69-17-6-8-36(61)50-30(42(66)55-38)19-26-9-11-27(57)12-10-26)44(68)56(16-7-15-45)22-37(62)51-29(18-24(2)3)39(63)49-21-35(48)60/h9-12,24-25,28-32,38,57H,5-8,13-23,45H2,1-4H3,(H2,46,58)(H2,47,59)(H2,48,60)(H,49,63)(H,50,61)(H,51,62)(H,52,67)(H,53,64)(H,54,65)(H,55,66). The van der Waals surface area contributed by atoms with Gasteiger partial charge >= 0.3 is 0 Å². The average molecular weight is 991 g/mol. The molecule has 1 aliphatic rings. The van der Waals surface area contributed by atoms with Crippen molar-refractivity contribution < 1.29 is 57.8 Å². The summed E-state index contributed by atoms with van der Waals surface area (Å²) in [6.45, 7) is 5.91. The summed E-state index contributed by atoms with van der Waals surface area (Å²) in [4.78, 5) is 147. The van der Waals surface area contributed by atoms with Crippen molar-refractivity contribution in [1.82, 2.24) is 42.1 Å². The molecule has 384 valence electrons. The number of rotatable bonds is 21. The predicted octanol–water partition coefficient (Wildman–Crippen LogP) is -3.62. The molecular formula is C44H70N12O12S. The van der Waals surface area contributed by atoms with E-state index in [9.17, 15) is 57.8 Å². The summed E-state index contributed by atoms with van der Waals surface area (Å²) in [5.74, 6) is -9.84. The van der Waals surface area contributed by atoms with Crippen molar-refractivity contribution in [2.45, 2.75) is 122 Å². The van der Waals surface area contributed by atoms with Crippen LogP contribution in [0.15, 0.2) is 24.3 Å². The first-order valence-corrected chi connectivity index (χ1v) is 24.0. The van der Waals surface area contributed by atoms with Gasteiger partial charge in [-0.25, -0.2) is 0 Å². The average Bonchev–Trinajstić information content (AvgIpc) is 3.28. The van der Waals surface area contributed by atoms with Gasteiger partial charge in [0.1, 0.15) is 42.0 Å². The van der Waals surface area contributed by atoms with E-state index < -0.39 is 133 Å². The van der Waals surface area contributed by atoms with Gasteiger partial charge in [-0.3, -0.25) is 52.7 Å². The summed E-state index contributed by atoms with van der Waals surface area (Å²) in [5, 5.41) is 27.7. The van der Waals surface area contributed by atoms with Crippen LogP contribution in [0.1, 0.15) is 84.6 Å². The minimum atomic E-state index is -1.75. The van der Waals surface area contributed by atoms with Gasteiger partial charge < -0.3 is 70.2 Å². The van der Waals surface area contributed by atoms with Gasteiger partial charge in [-0.15, -0.1) is 0 Å². The number of nitrogens with one attached hydrogen (secondary N) is 7. The number of hydrogen-bond donors (Lipinski definition) is 12. The number of amides is 11. The van der Waals surface area contributed by atoms with Crippen molar-refractivity contribution in [1.29, 1.82) is 0 Å². The summed E-state index contributed by atoms with van der Waals surface area (Å²) < 4.78 is 0. The van der Waals surface area contributed by atoms with E-state index in [4.69, 9.17) is 22.9 Å². The SMILES string of the molecule is CCC(C)C1NC(=O)C(Cc2ccc(O)cc2)NC(=O)CCCSCC(C(=O)N(CCCN)CC(=O)NC(CC(C)C)C(=O)NCC(N)=O)NC(=O)C(CC(N)=O)NC(=O)C(CCC(N)=O)NC1=O. The quantitative estimate of drug-likeness (QED) is 0.0566. The smallest absolute Gasteiger partial charge is 0.246 e. The Bertz CT molecular complexity index is 1970. The fourth-order valence-corrected chi connectivity index (χ4v) is 7.94. The van der Waals surface area contributed by atoms with Gasteiger partial charge in [0.05, 0.1) is 19.5 Å². The molecule has 7 unspecified atom stereocenters. The Kier molecular flexibility index (Phi) is 25.6. The Hall–Kier alpha value is -6.50. The van der Waals surface area contributed by atoms with E-state index in [1.54, 1.807) is 39.8 Å². The number of aromatic hydroxyl groups is 1. The Morgan fingerprint density at radius 3 is 2.06 bits per heavy atom. The molecule has 1 aromatic carbocycles. The van der Waals surface area contributed by atoms with E-state index >= 15 is 0 Å². The van der Waals surface area contributed by atoms with Crippen LogP contribution in [0.5, 0.6) is 5.75 Å². The molecule has 1 aliphatic heterocycles. The zero-order chi connectivity index (χ0) is 51.8. The lowest BCUT2D eigenvalue weighted by Gasteiger charge is -2.30. The van der Waals surface area contributed by atoms with Crippen LogP contribution in [0.4, 0.5) is 0 Å². The van der Waals surface area contributed by atoms with E-state index in [0.717, 1.165) is 16.7 Å². The highest BCUT2D eigenvalue weighted by Crippen LogP contribution is 2.16. The third kappa shape index (κ3) is 22.0. The van der Waals surface area contributed by atoms with Crippen LogP contribution in [0.3, 0.4) is 0 Å². The molecule has 25 heteroatoms. The Labute approximate surface area is 405 Å². The number of nitrogens with zero attached hydrogens (tertiary/aromatic N) is 1. The molecule has 0 saturated carbocycles. The van der Waals surface area contributed by atoms with Gasteiger partial charge in [0.15, 0.2) is 0 Å². The molecule has 1 fully saturated rings. The van der Waals surface area contributed by atoms with E-state index in [2.05, 4.69) is 37.2 Å². The van der Waals surface area contributed by atoms with Gasteiger partial charge in [0.2, 0.25) is 65.0 Å². The minimum absolute atomic E-state index is 0.0292. The highest BCUT2D eigenvalue weighted by atomic mass is 32.2. The number of nitrogens with two attached hydrogens (primary N) is 4. The molecule has 16 N–H and O–H groups in total. The summed E-state index contributed by atoms with van der Waals surface area (Å²) >= 11 is 1.14. The summed E-state index contributed by atoms with van der Waals surface area (Å²) in [7, 11) is 0. The molecule has 24 nitrogen and oxygen atoms in total. The molecule has 11 amide bonds. The molecular weight excluding hydrogens is 921 g/mol. The normalized spacial score (nSPS) is 20.9. The Balaban J connectivity index is 2.63. The molecule has 0 bridgehead atoms. The number of primary amides is 3. The largest absolute Gasteiger partial charge is 0.508 e. The molecule has 7 atom stereocenters. The van der Waals surface area contributed by atoms with Crippen molar-refractivity contribution in [2.75, 3.05) is 37.7 Å². The lowest BCUT2D eigenvalue weighted by molar-refractivity contribution is -0.140. The maximum Gasteiger partial charge on any atom is 0.246 e. The topological polar surface area (TPSA) is 400 Å². The molecule has 2 rings (SSSR count). The Morgan fingerprint density at radius 1 is 0.826 bits per heavy atom. The summed E-state index contributed by atoms with van der Waals surface area (Å²) in [6.07, 6.45) is -0.848. The molecule has 1 aromatic rings. The highest BCUT2D eigenvalue weighted by Gasteiger charge is 2.36. The van der Waals surface area contributed by atoms with Crippen LogP contribution in [-0.2, 0) is 59.2 Å². The zero-order valence-electron chi connectivity index (χ0n) is 39.6. The number of benzene rings is 1. The van der Waals surface area contributed by atoms with Crippen molar-refractivity contribution >= 4 is 76.7 Å². The summed E-state index contributed by atoms with van der Waals surface area (Å²) in [6, 6.07) is -2.48. The maximum atomic E-state index is 14.4. The lowest BCUT2D eigenvalue weighted by Crippen LogP contribution is -2.61. The maximum absolute atomic E-state index is 14.4. The number of carbonyl (C=O) groups is 11.